The van der Waals surface area contributed by atoms with Crippen LogP contribution in [0.3, 0.4) is 0 Å². The number of H-pyrrole nitrogens is 1. The zero-order valence-electron chi connectivity index (χ0n) is 12.4. The van der Waals surface area contributed by atoms with E-state index in [9.17, 15) is 0 Å². The lowest BCUT2D eigenvalue weighted by atomic mass is 9.95. The molecule has 1 saturated heterocycles. The minimum Gasteiger partial charge on any atom is -0.372 e. The van der Waals surface area contributed by atoms with Gasteiger partial charge in [-0.3, -0.25) is 4.90 Å². The molecule has 0 spiro atoms. The molecule has 0 aromatic carbocycles. The predicted molar refractivity (Wildman–Crippen MR) is 80.6 cm³/mol. The molecule has 2 aromatic rings. The van der Waals surface area contributed by atoms with Gasteiger partial charge in [-0.1, -0.05) is 13.8 Å². The second-order valence-corrected chi connectivity index (χ2v) is 5.67. The number of ether oxygens (including phenoxy) is 1. The molecule has 2 aromatic heterocycles. The van der Waals surface area contributed by atoms with Crippen LogP contribution in [-0.2, 0) is 11.3 Å². The van der Waals surface area contributed by atoms with E-state index >= 15 is 0 Å². The van der Waals surface area contributed by atoms with Gasteiger partial charge in [-0.15, -0.1) is 0 Å². The smallest absolute Gasteiger partial charge is 0.137 e. The van der Waals surface area contributed by atoms with E-state index in [2.05, 4.69) is 41.9 Å². The number of pyridine rings is 1. The summed E-state index contributed by atoms with van der Waals surface area (Å²) in [4.78, 5) is 10.3. The largest absolute Gasteiger partial charge is 0.372 e. The van der Waals surface area contributed by atoms with Gasteiger partial charge in [-0.25, -0.2) is 4.98 Å². The van der Waals surface area contributed by atoms with Gasteiger partial charge < -0.3 is 9.72 Å². The molecule has 1 aliphatic rings. The summed E-state index contributed by atoms with van der Waals surface area (Å²) in [6.07, 6.45) is 4.08. The zero-order chi connectivity index (χ0) is 14.0. The van der Waals surface area contributed by atoms with E-state index in [1.807, 2.05) is 6.20 Å². The molecular formula is C16H23N3O. The zero-order valence-corrected chi connectivity index (χ0v) is 12.4. The summed E-state index contributed by atoms with van der Waals surface area (Å²) >= 11 is 0. The highest BCUT2D eigenvalue weighted by molar-refractivity contribution is 5.75. The number of hydrogen-bond donors (Lipinski definition) is 1. The van der Waals surface area contributed by atoms with Crippen molar-refractivity contribution in [3.8, 4) is 0 Å². The molecule has 1 aliphatic heterocycles. The van der Waals surface area contributed by atoms with Crippen molar-refractivity contribution in [2.45, 2.75) is 38.8 Å². The van der Waals surface area contributed by atoms with Gasteiger partial charge in [0, 0.05) is 31.2 Å². The number of morpholine rings is 1. The normalized spacial score (nSPS) is 19.5. The van der Waals surface area contributed by atoms with Crippen LogP contribution in [0.5, 0.6) is 0 Å². The van der Waals surface area contributed by atoms with E-state index in [1.54, 1.807) is 0 Å². The fourth-order valence-electron chi connectivity index (χ4n) is 3.02. The number of nitrogens with zero attached hydrogens (tertiary/aromatic N) is 2. The maximum absolute atomic E-state index is 6.02. The minimum atomic E-state index is 0.0365. The Morgan fingerprint density at radius 1 is 1.30 bits per heavy atom. The molecule has 4 nitrogen and oxygen atoms in total. The number of rotatable bonds is 4. The van der Waals surface area contributed by atoms with Crippen LogP contribution in [0.1, 0.15) is 32.4 Å². The summed E-state index contributed by atoms with van der Waals surface area (Å²) in [6, 6.07) is 6.33. The molecule has 3 heterocycles. The van der Waals surface area contributed by atoms with E-state index in [0.29, 0.717) is 0 Å². The van der Waals surface area contributed by atoms with Crippen molar-refractivity contribution in [2.75, 3.05) is 19.7 Å². The molecule has 20 heavy (non-hydrogen) atoms. The molecule has 3 rings (SSSR count). The van der Waals surface area contributed by atoms with Gasteiger partial charge in [0.25, 0.3) is 0 Å². The molecule has 0 aliphatic carbocycles. The van der Waals surface area contributed by atoms with Crippen molar-refractivity contribution in [1.82, 2.24) is 14.9 Å². The lowest BCUT2D eigenvalue weighted by molar-refractivity contribution is -0.115. The van der Waals surface area contributed by atoms with E-state index in [0.717, 1.165) is 50.4 Å². The first kappa shape index (κ1) is 13.6. The average Bonchev–Trinajstić information content (AvgIpc) is 2.95. The first-order valence-electron chi connectivity index (χ1n) is 7.54. The van der Waals surface area contributed by atoms with Crippen LogP contribution in [0, 0.1) is 0 Å². The number of fused-ring (bicyclic) bond motifs is 1. The lowest BCUT2D eigenvalue weighted by Gasteiger charge is -2.42. The van der Waals surface area contributed by atoms with Crippen LogP contribution in [0.2, 0.25) is 0 Å². The Morgan fingerprint density at radius 3 is 2.95 bits per heavy atom. The summed E-state index contributed by atoms with van der Waals surface area (Å²) in [5.74, 6) is 0. The van der Waals surface area contributed by atoms with Gasteiger partial charge in [-0.05, 0) is 31.0 Å². The number of nitrogens with one attached hydrogen (secondary N) is 1. The van der Waals surface area contributed by atoms with Crippen LogP contribution in [0.4, 0.5) is 0 Å². The Morgan fingerprint density at radius 2 is 2.15 bits per heavy atom. The third kappa shape index (κ3) is 2.58. The van der Waals surface area contributed by atoms with Crippen LogP contribution in [0.25, 0.3) is 11.0 Å². The van der Waals surface area contributed by atoms with Crippen molar-refractivity contribution >= 4 is 11.0 Å². The monoisotopic (exact) mass is 273 g/mol. The lowest BCUT2D eigenvalue weighted by Crippen LogP contribution is -2.50. The van der Waals surface area contributed by atoms with Crippen LogP contribution in [-0.4, -0.2) is 40.2 Å². The first-order valence-corrected chi connectivity index (χ1v) is 7.54. The van der Waals surface area contributed by atoms with Crippen molar-refractivity contribution in [2.24, 2.45) is 0 Å². The van der Waals surface area contributed by atoms with Gasteiger partial charge in [-0.2, -0.15) is 0 Å². The van der Waals surface area contributed by atoms with Gasteiger partial charge in [0.2, 0.25) is 0 Å². The highest BCUT2D eigenvalue weighted by Gasteiger charge is 2.33. The maximum Gasteiger partial charge on any atom is 0.137 e. The fourth-order valence-corrected chi connectivity index (χ4v) is 3.02. The summed E-state index contributed by atoms with van der Waals surface area (Å²) in [6.45, 7) is 8.16. The third-order valence-electron chi connectivity index (χ3n) is 4.47. The molecule has 0 radical (unpaired) electrons. The van der Waals surface area contributed by atoms with Gasteiger partial charge in [0.05, 0.1) is 17.9 Å². The molecular weight excluding hydrogens is 250 g/mol. The quantitative estimate of drug-likeness (QED) is 0.931. The van der Waals surface area contributed by atoms with E-state index in [4.69, 9.17) is 9.72 Å². The molecule has 0 saturated carbocycles. The Bertz CT molecular complexity index is 574. The second-order valence-electron chi connectivity index (χ2n) is 5.67. The second kappa shape index (κ2) is 5.54. The Kier molecular flexibility index (Phi) is 3.76. The maximum atomic E-state index is 6.02. The Hall–Kier alpha value is -1.39. The highest BCUT2D eigenvalue weighted by atomic mass is 16.5. The summed E-state index contributed by atoms with van der Waals surface area (Å²) in [7, 11) is 0. The van der Waals surface area contributed by atoms with Crippen LogP contribution >= 0.6 is 0 Å². The summed E-state index contributed by atoms with van der Waals surface area (Å²) in [5, 5.41) is 1.17. The van der Waals surface area contributed by atoms with Gasteiger partial charge in [0.1, 0.15) is 5.65 Å². The summed E-state index contributed by atoms with van der Waals surface area (Å²) in [5.41, 5.74) is 2.14. The molecule has 0 amide bonds. The predicted octanol–water partition coefficient (Wildman–Crippen LogP) is 2.95. The molecule has 1 N–H and O–H groups in total. The minimum absolute atomic E-state index is 0.0365. The molecule has 0 bridgehead atoms. The molecule has 0 unspecified atom stereocenters. The number of aromatic amines is 1. The van der Waals surface area contributed by atoms with Crippen molar-refractivity contribution in [3.63, 3.8) is 0 Å². The summed E-state index contributed by atoms with van der Waals surface area (Å²) < 4.78 is 6.02. The number of aromatic nitrogens is 2. The topological polar surface area (TPSA) is 41.2 Å². The Labute approximate surface area is 120 Å². The first-order chi connectivity index (χ1) is 9.74. The van der Waals surface area contributed by atoms with Crippen LogP contribution in [0.15, 0.2) is 24.4 Å². The fraction of sp³-hybridized carbons (Fsp3) is 0.562. The van der Waals surface area contributed by atoms with Gasteiger partial charge >= 0.3 is 0 Å². The Balaban J connectivity index is 1.73. The standard InChI is InChI=1S/C16H23N3O/c1-3-16(4-2)12-19(9-10-20-16)11-14-6-5-13-7-8-17-15(13)18-14/h5-8H,3-4,9-12H2,1-2H3,(H,17,18). The molecule has 1 fully saturated rings. The SMILES string of the molecule is CCC1(CC)CN(Cc2ccc3cc[nH]c3n2)CCO1. The highest BCUT2D eigenvalue weighted by Crippen LogP contribution is 2.26. The number of hydrogen-bond acceptors (Lipinski definition) is 3. The van der Waals surface area contributed by atoms with E-state index < -0.39 is 0 Å². The molecule has 4 heteroatoms. The van der Waals surface area contributed by atoms with Crippen molar-refractivity contribution in [1.29, 1.82) is 0 Å². The molecule has 0 atom stereocenters. The van der Waals surface area contributed by atoms with E-state index in [-0.39, 0.29) is 5.60 Å². The van der Waals surface area contributed by atoms with Gasteiger partial charge in [0.15, 0.2) is 0 Å². The van der Waals surface area contributed by atoms with Crippen molar-refractivity contribution in [3.05, 3.63) is 30.1 Å². The van der Waals surface area contributed by atoms with Crippen molar-refractivity contribution < 1.29 is 4.74 Å². The average molecular weight is 273 g/mol. The molecule has 108 valence electrons. The van der Waals surface area contributed by atoms with E-state index in [1.165, 1.54) is 5.39 Å². The third-order valence-corrected chi connectivity index (χ3v) is 4.47. The van der Waals surface area contributed by atoms with Crippen LogP contribution < -0.4 is 0 Å².